The van der Waals surface area contributed by atoms with E-state index in [1.807, 2.05) is 0 Å². The lowest BCUT2D eigenvalue weighted by Crippen LogP contribution is -2.25. The van der Waals surface area contributed by atoms with Gasteiger partial charge in [0.1, 0.15) is 5.82 Å². The first-order valence-electron chi connectivity index (χ1n) is 6.42. The normalized spacial score (nSPS) is 18.7. The average molecular weight is 255 g/mol. The summed E-state index contributed by atoms with van der Waals surface area (Å²) in [6, 6.07) is 1.93. The lowest BCUT2D eigenvalue weighted by atomic mass is 9.81. The van der Waals surface area contributed by atoms with Crippen LogP contribution in [0.4, 0.5) is 8.78 Å². The molecular formula is C14H19F2NO. The van der Waals surface area contributed by atoms with E-state index in [9.17, 15) is 8.78 Å². The highest BCUT2D eigenvalue weighted by Gasteiger charge is 2.28. The van der Waals surface area contributed by atoms with Crippen LogP contribution >= 0.6 is 0 Å². The molecule has 0 amide bonds. The van der Waals surface area contributed by atoms with E-state index in [0.717, 1.165) is 25.7 Å². The monoisotopic (exact) mass is 255 g/mol. The van der Waals surface area contributed by atoms with Crippen molar-refractivity contribution >= 4 is 0 Å². The molecule has 100 valence electrons. The molecule has 4 heteroatoms. The van der Waals surface area contributed by atoms with Crippen LogP contribution in [0.1, 0.15) is 43.7 Å². The number of methoxy groups -OCH3 is 1. The van der Waals surface area contributed by atoms with Crippen LogP contribution in [0, 0.1) is 17.6 Å². The summed E-state index contributed by atoms with van der Waals surface area (Å²) in [7, 11) is 1.37. The SMILES string of the molecule is COc1ccc(F)c([C@@H](N)C2CCCCC2)c1F. The third-order valence-electron chi connectivity index (χ3n) is 3.80. The highest BCUT2D eigenvalue weighted by atomic mass is 19.1. The molecule has 0 aliphatic heterocycles. The molecule has 0 radical (unpaired) electrons. The summed E-state index contributed by atoms with van der Waals surface area (Å²) >= 11 is 0. The number of hydrogen-bond donors (Lipinski definition) is 1. The molecule has 1 aromatic rings. The van der Waals surface area contributed by atoms with Crippen LogP contribution in [0.3, 0.4) is 0 Å². The Morgan fingerprint density at radius 3 is 2.50 bits per heavy atom. The highest BCUT2D eigenvalue weighted by Crippen LogP contribution is 2.36. The first-order chi connectivity index (χ1) is 8.65. The third kappa shape index (κ3) is 2.48. The van der Waals surface area contributed by atoms with Crippen molar-refractivity contribution < 1.29 is 13.5 Å². The molecule has 0 spiro atoms. The van der Waals surface area contributed by atoms with Crippen LogP contribution in [0.2, 0.25) is 0 Å². The van der Waals surface area contributed by atoms with Gasteiger partial charge in [-0.25, -0.2) is 8.78 Å². The Kier molecular flexibility index (Phi) is 4.17. The molecule has 2 rings (SSSR count). The van der Waals surface area contributed by atoms with Gasteiger partial charge in [-0.05, 0) is 30.9 Å². The molecule has 1 saturated carbocycles. The minimum Gasteiger partial charge on any atom is -0.494 e. The number of ether oxygens (including phenoxy) is 1. The summed E-state index contributed by atoms with van der Waals surface area (Å²) in [4.78, 5) is 0. The van der Waals surface area contributed by atoms with E-state index in [1.165, 1.54) is 25.7 Å². The molecule has 2 nitrogen and oxygen atoms in total. The van der Waals surface area contributed by atoms with Gasteiger partial charge in [-0.2, -0.15) is 0 Å². The second-order valence-electron chi connectivity index (χ2n) is 4.90. The smallest absolute Gasteiger partial charge is 0.172 e. The molecule has 18 heavy (non-hydrogen) atoms. The molecule has 1 fully saturated rings. The van der Waals surface area contributed by atoms with Gasteiger partial charge in [-0.3, -0.25) is 0 Å². The van der Waals surface area contributed by atoms with Crippen LogP contribution in [0.5, 0.6) is 5.75 Å². The first kappa shape index (κ1) is 13.3. The topological polar surface area (TPSA) is 35.2 Å². The Hall–Kier alpha value is -1.16. The molecule has 0 aromatic heterocycles. The van der Waals surface area contributed by atoms with E-state index >= 15 is 0 Å². The van der Waals surface area contributed by atoms with Gasteiger partial charge < -0.3 is 10.5 Å². The van der Waals surface area contributed by atoms with Gasteiger partial charge in [-0.15, -0.1) is 0 Å². The number of nitrogens with two attached hydrogens (primary N) is 1. The highest BCUT2D eigenvalue weighted by molar-refractivity contribution is 5.34. The van der Waals surface area contributed by atoms with E-state index in [2.05, 4.69) is 0 Å². The predicted octanol–water partition coefficient (Wildman–Crippen LogP) is 3.55. The van der Waals surface area contributed by atoms with Gasteiger partial charge in [0, 0.05) is 11.6 Å². The number of halogens is 2. The van der Waals surface area contributed by atoms with Crippen molar-refractivity contribution in [1.82, 2.24) is 0 Å². The Morgan fingerprint density at radius 1 is 1.22 bits per heavy atom. The Morgan fingerprint density at radius 2 is 1.89 bits per heavy atom. The molecule has 1 aliphatic carbocycles. The fraction of sp³-hybridized carbons (Fsp3) is 0.571. The van der Waals surface area contributed by atoms with Crippen molar-refractivity contribution in [3.63, 3.8) is 0 Å². The van der Waals surface area contributed by atoms with E-state index in [0.29, 0.717) is 0 Å². The van der Waals surface area contributed by atoms with E-state index in [-0.39, 0.29) is 17.2 Å². The summed E-state index contributed by atoms with van der Waals surface area (Å²) in [5.41, 5.74) is 6.03. The van der Waals surface area contributed by atoms with Crippen LogP contribution in [-0.4, -0.2) is 7.11 Å². The first-order valence-corrected chi connectivity index (χ1v) is 6.42. The number of benzene rings is 1. The second-order valence-corrected chi connectivity index (χ2v) is 4.90. The quantitative estimate of drug-likeness (QED) is 0.896. The van der Waals surface area contributed by atoms with Crippen LogP contribution < -0.4 is 10.5 Å². The van der Waals surface area contributed by atoms with Crippen LogP contribution in [-0.2, 0) is 0 Å². The third-order valence-corrected chi connectivity index (χ3v) is 3.80. The van der Waals surface area contributed by atoms with Crippen molar-refractivity contribution in [2.75, 3.05) is 7.11 Å². The van der Waals surface area contributed by atoms with Gasteiger partial charge in [0.15, 0.2) is 11.6 Å². The molecule has 2 N–H and O–H groups in total. The zero-order valence-electron chi connectivity index (χ0n) is 10.6. The Labute approximate surface area is 106 Å². The van der Waals surface area contributed by atoms with Gasteiger partial charge in [-0.1, -0.05) is 19.3 Å². The van der Waals surface area contributed by atoms with E-state index in [1.54, 1.807) is 0 Å². The van der Waals surface area contributed by atoms with Crippen molar-refractivity contribution in [1.29, 1.82) is 0 Å². The summed E-state index contributed by atoms with van der Waals surface area (Å²) in [6.45, 7) is 0. The maximum atomic E-state index is 14.1. The van der Waals surface area contributed by atoms with Gasteiger partial charge >= 0.3 is 0 Å². The van der Waals surface area contributed by atoms with Gasteiger partial charge in [0.2, 0.25) is 0 Å². The summed E-state index contributed by atoms with van der Waals surface area (Å²) in [6.07, 6.45) is 5.25. The standard InChI is InChI=1S/C14H19F2NO/c1-18-11-8-7-10(15)12(13(11)16)14(17)9-5-3-2-4-6-9/h7-9,14H,2-6,17H2,1H3/t14-/m0/s1. The molecule has 0 unspecified atom stereocenters. The molecule has 1 aliphatic rings. The fourth-order valence-electron chi connectivity index (χ4n) is 2.74. The average Bonchev–Trinajstić information content (AvgIpc) is 2.40. The maximum Gasteiger partial charge on any atom is 0.172 e. The van der Waals surface area contributed by atoms with E-state index in [4.69, 9.17) is 10.5 Å². The van der Waals surface area contributed by atoms with Crippen molar-refractivity contribution in [3.05, 3.63) is 29.3 Å². The summed E-state index contributed by atoms with van der Waals surface area (Å²) in [5.74, 6) is -1.02. The van der Waals surface area contributed by atoms with Crippen LogP contribution in [0.25, 0.3) is 0 Å². The Bertz CT molecular complexity index is 417. The largest absolute Gasteiger partial charge is 0.494 e. The molecule has 0 heterocycles. The molecule has 1 aromatic carbocycles. The number of rotatable bonds is 3. The Balaban J connectivity index is 2.30. The van der Waals surface area contributed by atoms with Crippen molar-refractivity contribution in [3.8, 4) is 5.75 Å². The minimum atomic E-state index is -0.657. The van der Waals surface area contributed by atoms with E-state index < -0.39 is 17.7 Å². The van der Waals surface area contributed by atoms with Crippen LogP contribution in [0.15, 0.2) is 12.1 Å². The predicted molar refractivity (Wildman–Crippen MR) is 66.4 cm³/mol. The summed E-state index contributed by atoms with van der Waals surface area (Å²) in [5, 5.41) is 0. The lowest BCUT2D eigenvalue weighted by Gasteiger charge is -2.28. The van der Waals surface area contributed by atoms with Crippen molar-refractivity contribution in [2.45, 2.75) is 38.1 Å². The fourth-order valence-corrected chi connectivity index (χ4v) is 2.74. The summed E-state index contributed by atoms with van der Waals surface area (Å²) < 4.78 is 32.8. The molecule has 0 saturated heterocycles. The minimum absolute atomic E-state index is 0.0266. The zero-order chi connectivity index (χ0) is 13.1. The maximum absolute atomic E-state index is 14.1. The van der Waals surface area contributed by atoms with Gasteiger partial charge in [0.05, 0.1) is 7.11 Å². The molecule has 1 atom stereocenters. The second kappa shape index (κ2) is 5.65. The van der Waals surface area contributed by atoms with Crippen molar-refractivity contribution in [2.24, 2.45) is 11.7 Å². The zero-order valence-corrected chi connectivity index (χ0v) is 10.6. The molecule has 0 bridgehead atoms. The number of hydrogen-bond acceptors (Lipinski definition) is 2. The van der Waals surface area contributed by atoms with Gasteiger partial charge in [0.25, 0.3) is 0 Å². The lowest BCUT2D eigenvalue weighted by molar-refractivity contribution is 0.294. The molecular weight excluding hydrogens is 236 g/mol.